The minimum atomic E-state index is 0.471. The first-order valence-electron chi connectivity index (χ1n) is 12.8. The normalized spacial score (nSPS) is 46.8. The van der Waals surface area contributed by atoms with Gasteiger partial charge in [-0.3, -0.25) is 4.79 Å². The van der Waals surface area contributed by atoms with Gasteiger partial charge in [0, 0.05) is 12.8 Å². The Bertz CT molecular complexity index is 579. The molecule has 0 saturated heterocycles. The lowest BCUT2D eigenvalue weighted by Gasteiger charge is -2.60. The summed E-state index contributed by atoms with van der Waals surface area (Å²) >= 11 is 0. The summed E-state index contributed by atoms with van der Waals surface area (Å²) in [5.74, 6) is 6.82. The number of carbonyl (C=O) groups excluding carboxylic acids is 1. The van der Waals surface area contributed by atoms with Crippen LogP contribution >= 0.6 is 0 Å². The zero-order valence-electron chi connectivity index (χ0n) is 19.4. The molecule has 8 atom stereocenters. The van der Waals surface area contributed by atoms with Crippen molar-refractivity contribution >= 4 is 5.78 Å². The summed E-state index contributed by atoms with van der Waals surface area (Å²) in [4.78, 5) is 12.1. The average molecular weight is 387 g/mol. The Balaban J connectivity index is 1.47. The van der Waals surface area contributed by atoms with Gasteiger partial charge >= 0.3 is 0 Å². The van der Waals surface area contributed by atoms with Crippen LogP contribution < -0.4 is 0 Å². The molecule has 0 heterocycles. The Morgan fingerprint density at radius 2 is 1.64 bits per heavy atom. The second-order valence-electron chi connectivity index (χ2n) is 12.4. The highest BCUT2D eigenvalue weighted by Crippen LogP contribution is 2.68. The highest BCUT2D eigenvalue weighted by atomic mass is 16.1. The second kappa shape index (κ2) is 7.73. The molecule has 0 aromatic rings. The SMILES string of the molecule is CC(C)CCC[C@H](C)[C@@H]1CC[C@@H]2[C@H]3CC[C@H]4CC(=O)CC[C@]4(C)[C@@H]3CC[C@@]21C. The first kappa shape index (κ1) is 20.9. The molecule has 0 aromatic carbocycles. The maximum atomic E-state index is 12.1. The van der Waals surface area contributed by atoms with Gasteiger partial charge in [0.05, 0.1) is 0 Å². The Kier molecular flexibility index (Phi) is 5.78. The summed E-state index contributed by atoms with van der Waals surface area (Å²) in [6.45, 7) is 12.6. The first-order chi connectivity index (χ1) is 13.3. The standard InChI is InChI=1S/C27H46O/c1-18(2)7-6-8-19(3)23-11-12-24-22-10-9-20-17-21(28)13-15-26(20,4)25(22)14-16-27(23,24)5/h18-20,22-25H,6-17H2,1-5H3/t19-,20-,22+,23-,24+,25+,26-,27+/m0/s1. The number of Topliss-reactive ketones (excluding diaryl/α,β-unsaturated/α-hetero) is 1. The third kappa shape index (κ3) is 3.41. The summed E-state index contributed by atoms with van der Waals surface area (Å²) in [5.41, 5.74) is 1.07. The summed E-state index contributed by atoms with van der Waals surface area (Å²) < 4.78 is 0. The lowest BCUT2D eigenvalue weighted by molar-refractivity contribution is -0.140. The fourth-order valence-corrected chi connectivity index (χ4v) is 9.07. The van der Waals surface area contributed by atoms with Gasteiger partial charge in [0.2, 0.25) is 0 Å². The van der Waals surface area contributed by atoms with Crippen molar-refractivity contribution in [2.24, 2.45) is 52.3 Å². The molecule has 0 aliphatic heterocycles. The molecule has 0 amide bonds. The molecule has 160 valence electrons. The molecule has 0 bridgehead atoms. The van der Waals surface area contributed by atoms with E-state index in [0.29, 0.717) is 22.5 Å². The topological polar surface area (TPSA) is 17.1 Å². The van der Waals surface area contributed by atoms with Crippen LogP contribution in [-0.4, -0.2) is 5.78 Å². The average Bonchev–Trinajstić information content (AvgIpc) is 2.99. The van der Waals surface area contributed by atoms with Crippen LogP contribution in [-0.2, 0) is 4.79 Å². The first-order valence-corrected chi connectivity index (χ1v) is 12.8. The van der Waals surface area contributed by atoms with Gasteiger partial charge in [0.1, 0.15) is 5.78 Å². The van der Waals surface area contributed by atoms with Crippen LogP contribution in [0.4, 0.5) is 0 Å². The molecule has 0 N–H and O–H groups in total. The van der Waals surface area contributed by atoms with Gasteiger partial charge < -0.3 is 0 Å². The molecular formula is C27H46O. The zero-order chi connectivity index (χ0) is 20.1. The number of hydrogen-bond donors (Lipinski definition) is 0. The van der Waals surface area contributed by atoms with E-state index in [9.17, 15) is 4.79 Å². The van der Waals surface area contributed by atoms with Crippen molar-refractivity contribution < 1.29 is 4.79 Å². The number of fused-ring (bicyclic) bond motifs is 5. The number of carbonyl (C=O) groups is 1. The van der Waals surface area contributed by atoms with Gasteiger partial charge in [0.15, 0.2) is 0 Å². The Labute approximate surface area is 174 Å². The Hall–Kier alpha value is -0.330. The third-order valence-electron chi connectivity index (χ3n) is 10.7. The minimum absolute atomic E-state index is 0.471. The van der Waals surface area contributed by atoms with E-state index in [4.69, 9.17) is 0 Å². The van der Waals surface area contributed by atoms with E-state index >= 15 is 0 Å². The maximum Gasteiger partial charge on any atom is 0.133 e. The van der Waals surface area contributed by atoms with Gasteiger partial charge in [-0.1, -0.05) is 53.9 Å². The monoisotopic (exact) mass is 386 g/mol. The minimum Gasteiger partial charge on any atom is -0.300 e. The maximum absolute atomic E-state index is 12.1. The Morgan fingerprint density at radius 3 is 2.39 bits per heavy atom. The van der Waals surface area contributed by atoms with Gasteiger partial charge in [-0.15, -0.1) is 0 Å². The quantitative estimate of drug-likeness (QED) is 0.473. The molecule has 4 saturated carbocycles. The van der Waals surface area contributed by atoms with E-state index in [0.717, 1.165) is 48.3 Å². The molecular weight excluding hydrogens is 340 g/mol. The lowest BCUT2D eigenvalue weighted by Crippen LogP contribution is -2.53. The fourth-order valence-electron chi connectivity index (χ4n) is 9.07. The summed E-state index contributed by atoms with van der Waals surface area (Å²) in [6.07, 6.45) is 15.9. The predicted molar refractivity (Wildman–Crippen MR) is 118 cm³/mol. The largest absolute Gasteiger partial charge is 0.300 e. The molecule has 0 unspecified atom stereocenters. The van der Waals surface area contributed by atoms with Crippen LogP contribution in [0.25, 0.3) is 0 Å². The van der Waals surface area contributed by atoms with Crippen LogP contribution in [0.2, 0.25) is 0 Å². The number of rotatable bonds is 5. The van der Waals surface area contributed by atoms with Crippen molar-refractivity contribution in [3.8, 4) is 0 Å². The Morgan fingerprint density at radius 1 is 0.893 bits per heavy atom. The fraction of sp³-hybridized carbons (Fsp3) is 0.963. The zero-order valence-corrected chi connectivity index (χ0v) is 19.4. The van der Waals surface area contributed by atoms with Crippen molar-refractivity contribution in [1.29, 1.82) is 0 Å². The molecule has 4 aliphatic rings. The number of hydrogen-bond acceptors (Lipinski definition) is 1. The van der Waals surface area contributed by atoms with Crippen molar-refractivity contribution in [2.75, 3.05) is 0 Å². The van der Waals surface area contributed by atoms with Gasteiger partial charge in [-0.25, -0.2) is 0 Å². The van der Waals surface area contributed by atoms with Gasteiger partial charge in [-0.05, 0) is 97.2 Å². The van der Waals surface area contributed by atoms with E-state index in [1.54, 1.807) is 0 Å². The molecule has 0 spiro atoms. The molecule has 4 aliphatic carbocycles. The van der Waals surface area contributed by atoms with E-state index in [1.165, 1.54) is 64.2 Å². The van der Waals surface area contributed by atoms with Crippen LogP contribution in [0.15, 0.2) is 0 Å². The summed E-state index contributed by atoms with van der Waals surface area (Å²) in [6, 6.07) is 0. The highest BCUT2D eigenvalue weighted by Gasteiger charge is 2.60. The number of ketones is 1. The smallest absolute Gasteiger partial charge is 0.133 e. The summed E-state index contributed by atoms with van der Waals surface area (Å²) in [7, 11) is 0. The van der Waals surface area contributed by atoms with Crippen LogP contribution in [0.5, 0.6) is 0 Å². The molecule has 4 fully saturated rings. The van der Waals surface area contributed by atoms with Crippen LogP contribution in [0.1, 0.15) is 112 Å². The lowest BCUT2D eigenvalue weighted by atomic mass is 9.44. The van der Waals surface area contributed by atoms with Gasteiger partial charge in [-0.2, -0.15) is 0 Å². The molecule has 1 heteroatoms. The van der Waals surface area contributed by atoms with Crippen LogP contribution in [0, 0.1) is 52.3 Å². The molecule has 4 rings (SSSR count). The molecule has 0 aromatic heterocycles. The van der Waals surface area contributed by atoms with E-state index in [-0.39, 0.29) is 0 Å². The molecule has 28 heavy (non-hydrogen) atoms. The van der Waals surface area contributed by atoms with E-state index < -0.39 is 0 Å². The second-order valence-corrected chi connectivity index (χ2v) is 12.4. The van der Waals surface area contributed by atoms with Crippen LogP contribution in [0.3, 0.4) is 0 Å². The molecule has 1 nitrogen and oxygen atoms in total. The summed E-state index contributed by atoms with van der Waals surface area (Å²) in [5, 5.41) is 0. The predicted octanol–water partition coefficient (Wildman–Crippen LogP) is 7.68. The van der Waals surface area contributed by atoms with Crippen molar-refractivity contribution in [2.45, 2.75) is 112 Å². The third-order valence-corrected chi connectivity index (χ3v) is 10.7. The van der Waals surface area contributed by atoms with Crippen molar-refractivity contribution in [1.82, 2.24) is 0 Å². The van der Waals surface area contributed by atoms with Crippen molar-refractivity contribution in [3.63, 3.8) is 0 Å². The van der Waals surface area contributed by atoms with Gasteiger partial charge in [0.25, 0.3) is 0 Å². The van der Waals surface area contributed by atoms with E-state index in [2.05, 4.69) is 34.6 Å². The molecule has 0 radical (unpaired) electrons. The highest BCUT2D eigenvalue weighted by molar-refractivity contribution is 5.79. The van der Waals surface area contributed by atoms with E-state index in [1.807, 2.05) is 0 Å². The van der Waals surface area contributed by atoms with Crippen molar-refractivity contribution in [3.05, 3.63) is 0 Å².